The first-order valence-electron chi connectivity index (χ1n) is 19.0. The molecule has 0 amide bonds. The van der Waals surface area contributed by atoms with Gasteiger partial charge in [-0.2, -0.15) is 5.26 Å². The third-order valence-corrected chi connectivity index (χ3v) is 10.8. The van der Waals surface area contributed by atoms with Gasteiger partial charge in [0.05, 0.1) is 11.6 Å². The minimum absolute atomic E-state index is 0.631. The third kappa shape index (κ3) is 6.02. The second-order valence-electron chi connectivity index (χ2n) is 14.2. The fraction of sp³-hybridized carbons (Fsp3) is 0.0385. The molecule has 4 nitrogen and oxygen atoms in total. The van der Waals surface area contributed by atoms with E-state index in [-0.39, 0.29) is 0 Å². The van der Waals surface area contributed by atoms with Gasteiger partial charge in [-0.05, 0) is 108 Å². The largest absolute Gasteiger partial charge is 0.209 e. The van der Waals surface area contributed by atoms with Gasteiger partial charge in [0, 0.05) is 11.1 Å². The van der Waals surface area contributed by atoms with E-state index >= 15 is 0 Å². The lowest BCUT2D eigenvalue weighted by atomic mass is 9.88. The molecule has 0 bridgehead atoms. The predicted molar refractivity (Wildman–Crippen MR) is 231 cm³/mol. The van der Waals surface area contributed by atoms with Crippen molar-refractivity contribution in [3.8, 4) is 62.2 Å². The molecule has 1 aliphatic rings. The summed E-state index contributed by atoms with van der Waals surface area (Å²) in [6.45, 7) is 0. The highest BCUT2D eigenvalue weighted by Gasteiger charge is 2.17. The van der Waals surface area contributed by atoms with Crippen molar-refractivity contribution in [2.45, 2.75) is 12.8 Å². The van der Waals surface area contributed by atoms with Crippen molar-refractivity contribution >= 4 is 37.9 Å². The molecule has 262 valence electrons. The molecular formula is C52H34N4. The summed E-state index contributed by atoms with van der Waals surface area (Å²) < 4.78 is 0. The maximum absolute atomic E-state index is 10.3. The fourth-order valence-corrected chi connectivity index (χ4v) is 8.05. The number of nitrogens with zero attached hydrogens (tertiary/aromatic N) is 4. The van der Waals surface area contributed by atoms with Crippen LogP contribution in [0.5, 0.6) is 0 Å². The Hall–Kier alpha value is -7.48. The van der Waals surface area contributed by atoms with Crippen LogP contribution in [0, 0.1) is 11.3 Å². The van der Waals surface area contributed by atoms with Gasteiger partial charge in [-0.25, -0.2) is 15.0 Å². The van der Waals surface area contributed by atoms with E-state index in [2.05, 4.69) is 146 Å². The standard InChI is InChI=1S/C52H34N4/c53-33-34-29-40(31-41(30-34)49-32-39-17-7-8-18-42(39)45-19-11-12-22-48(45)49)44-28-27-43(46-20-9-10-21-47(44)46)35-23-25-38(26-24-35)52-55-50(36-13-3-1-4-14-36)54-51(56-52)37-15-5-2-6-16-37/h1-5,7-15,17-32H,6,16H2. The molecule has 0 aliphatic heterocycles. The molecule has 0 unspecified atom stereocenters. The van der Waals surface area contributed by atoms with Crippen LogP contribution in [-0.4, -0.2) is 15.0 Å². The van der Waals surface area contributed by atoms with E-state index in [1.54, 1.807) is 0 Å². The number of aromatic nitrogens is 3. The summed E-state index contributed by atoms with van der Waals surface area (Å²) in [4.78, 5) is 14.8. The molecule has 0 radical (unpaired) electrons. The molecule has 9 aromatic rings. The highest BCUT2D eigenvalue weighted by Crippen LogP contribution is 2.40. The van der Waals surface area contributed by atoms with Crippen LogP contribution in [-0.2, 0) is 0 Å². The van der Waals surface area contributed by atoms with Gasteiger partial charge in [-0.1, -0.05) is 158 Å². The first kappa shape index (κ1) is 33.1. The first-order valence-corrected chi connectivity index (χ1v) is 19.0. The van der Waals surface area contributed by atoms with Gasteiger partial charge in [0.25, 0.3) is 0 Å². The summed E-state index contributed by atoms with van der Waals surface area (Å²) in [6.07, 6.45) is 8.24. The average Bonchev–Trinajstić information content (AvgIpc) is 3.28. The Kier molecular flexibility index (Phi) is 8.32. The first-order chi connectivity index (χ1) is 27.7. The molecule has 0 saturated carbocycles. The highest BCUT2D eigenvalue weighted by atomic mass is 15.0. The van der Waals surface area contributed by atoms with Crippen molar-refractivity contribution in [1.29, 1.82) is 5.26 Å². The minimum Gasteiger partial charge on any atom is -0.209 e. The average molecular weight is 715 g/mol. The summed E-state index contributed by atoms with van der Waals surface area (Å²) >= 11 is 0. The van der Waals surface area contributed by atoms with Crippen LogP contribution >= 0.6 is 0 Å². The van der Waals surface area contributed by atoms with E-state index in [1.807, 2.05) is 42.5 Å². The van der Waals surface area contributed by atoms with E-state index in [0.29, 0.717) is 17.2 Å². The second-order valence-corrected chi connectivity index (χ2v) is 14.2. The molecule has 0 spiro atoms. The quantitative estimate of drug-likeness (QED) is 0.161. The Balaban J connectivity index is 1.06. The van der Waals surface area contributed by atoms with Crippen molar-refractivity contribution < 1.29 is 0 Å². The van der Waals surface area contributed by atoms with Crippen molar-refractivity contribution in [2.24, 2.45) is 0 Å². The van der Waals surface area contributed by atoms with Crippen molar-refractivity contribution in [2.75, 3.05) is 0 Å². The van der Waals surface area contributed by atoms with E-state index in [0.717, 1.165) is 79.5 Å². The van der Waals surface area contributed by atoms with Crippen LogP contribution < -0.4 is 0 Å². The lowest BCUT2D eigenvalue weighted by Crippen LogP contribution is -2.03. The molecule has 0 saturated heterocycles. The summed E-state index contributed by atoms with van der Waals surface area (Å²) in [5.74, 6) is 2.05. The molecule has 0 fully saturated rings. The van der Waals surface area contributed by atoms with Gasteiger partial charge in [-0.15, -0.1) is 0 Å². The monoisotopic (exact) mass is 714 g/mol. The SMILES string of the molecule is N#Cc1cc(-c2ccc(-c3ccc(-c4nc(C5=CC=CCC5)nc(-c5ccccc5)n4)cc3)c3ccccc23)cc(-c2cc3ccccc3c3ccccc23)c1. The van der Waals surface area contributed by atoms with Crippen molar-refractivity contribution in [1.82, 2.24) is 15.0 Å². The Bertz CT molecular complexity index is 3080. The molecule has 56 heavy (non-hydrogen) atoms. The Morgan fingerprint density at radius 2 is 0.964 bits per heavy atom. The Morgan fingerprint density at radius 3 is 1.62 bits per heavy atom. The van der Waals surface area contributed by atoms with Crippen LogP contribution in [0.2, 0.25) is 0 Å². The van der Waals surface area contributed by atoms with Crippen LogP contribution in [0.1, 0.15) is 24.2 Å². The van der Waals surface area contributed by atoms with Gasteiger partial charge < -0.3 is 0 Å². The van der Waals surface area contributed by atoms with Gasteiger partial charge in [0.15, 0.2) is 17.5 Å². The number of fused-ring (bicyclic) bond motifs is 4. The van der Waals surface area contributed by atoms with Crippen LogP contribution in [0.3, 0.4) is 0 Å². The minimum atomic E-state index is 0.631. The number of allylic oxidation sites excluding steroid dienone is 4. The topological polar surface area (TPSA) is 62.5 Å². The van der Waals surface area contributed by atoms with E-state index < -0.39 is 0 Å². The summed E-state index contributed by atoms with van der Waals surface area (Å²) in [5.41, 5.74) is 10.1. The van der Waals surface area contributed by atoms with Crippen LogP contribution in [0.25, 0.3) is 94.0 Å². The molecule has 10 rings (SSSR count). The van der Waals surface area contributed by atoms with Crippen LogP contribution in [0.4, 0.5) is 0 Å². The molecule has 0 atom stereocenters. The molecular weight excluding hydrogens is 681 g/mol. The van der Waals surface area contributed by atoms with Gasteiger partial charge in [0.1, 0.15) is 0 Å². The number of nitriles is 1. The third-order valence-electron chi connectivity index (χ3n) is 10.8. The maximum Gasteiger partial charge on any atom is 0.164 e. The zero-order chi connectivity index (χ0) is 37.4. The Morgan fingerprint density at radius 1 is 0.429 bits per heavy atom. The number of hydrogen-bond acceptors (Lipinski definition) is 4. The molecule has 1 aliphatic carbocycles. The lowest BCUT2D eigenvalue weighted by molar-refractivity contribution is 0.978. The summed E-state index contributed by atoms with van der Waals surface area (Å²) in [7, 11) is 0. The smallest absolute Gasteiger partial charge is 0.164 e. The number of hydrogen-bond donors (Lipinski definition) is 0. The van der Waals surface area contributed by atoms with Gasteiger partial charge in [-0.3, -0.25) is 0 Å². The van der Waals surface area contributed by atoms with E-state index in [4.69, 9.17) is 15.0 Å². The lowest BCUT2D eigenvalue weighted by Gasteiger charge is -2.15. The molecule has 4 heteroatoms. The molecule has 1 heterocycles. The fourth-order valence-electron chi connectivity index (χ4n) is 8.05. The second kappa shape index (κ2) is 14.1. The molecule has 1 aromatic heterocycles. The molecule has 8 aromatic carbocycles. The zero-order valence-electron chi connectivity index (χ0n) is 30.5. The predicted octanol–water partition coefficient (Wildman–Crippen LogP) is 13.3. The summed E-state index contributed by atoms with van der Waals surface area (Å²) in [6, 6.07) is 59.6. The van der Waals surface area contributed by atoms with Gasteiger partial charge in [0.2, 0.25) is 0 Å². The van der Waals surface area contributed by atoms with Crippen LogP contribution in [0.15, 0.2) is 182 Å². The molecule has 0 N–H and O–H groups in total. The highest BCUT2D eigenvalue weighted by molar-refractivity contribution is 6.14. The number of benzene rings is 8. The Labute approximate surface area is 325 Å². The van der Waals surface area contributed by atoms with Crippen molar-refractivity contribution in [3.05, 3.63) is 193 Å². The maximum atomic E-state index is 10.3. The van der Waals surface area contributed by atoms with E-state index in [1.165, 1.54) is 21.5 Å². The van der Waals surface area contributed by atoms with Gasteiger partial charge >= 0.3 is 0 Å². The number of rotatable bonds is 6. The van der Waals surface area contributed by atoms with E-state index in [9.17, 15) is 5.26 Å². The normalized spacial score (nSPS) is 12.5. The van der Waals surface area contributed by atoms with Crippen molar-refractivity contribution in [3.63, 3.8) is 0 Å². The zero-order valence-corrected chi connectivity index (χ0v) is 30.5. The summed E-state index contributed by atoms with van der Waals surface area (Å²) in [5, 5.41) is 17.3.